The molecule has 1 aliphatic rings. The van der Waals surface area contributed by atoms with Gasteiger partial charge in [0.25, 0.3) is 0 Å². The van der Waals surface area contributed by atoms with Gasteiger partial charge in [0.1, 0.15) is 5.82 Å². The normalized spacial score (nSPS) is 19.0. The molecule has 1 N–H and O–H groups in total. The lowest BCUT2D eigenvalue weighted by molar-refractivity contribution is 0.0215. The topological polar surface area (TPSA) is 50.3 Å². The molecule has 21 heavy (non-hydrogen) atoms. The molecule has 1 aromatic heterocycles. The highest BCUT2D eigenvalue weighted by Crippen LogP contribution is 2.16. The number of anilines is 1. The highest BCUT2D eigenvalue weighted by Gasteiger charge is 2.17. The third kappa shape index (κ3) is 5.59. The first-order chi connectivity index (χ1) is 10.1. The van der Waals surface area contributed by atoms with Gasteiger partial charge in [-0.25, -0.2) is 4.98 Å². The molecule has 1 aromatic rings. The molecule has 1 unspecified atom stereocenters. The molecule has 0 aromatic carbocycles. The number of nitrogens with zero attached hydrogens (tertiary/aromatic N) is 3. The number of aromatic nitrogens is 2. The number of ether oxygens (including phenoxy) is 1. The van der Waals surface area contributed by atoms with Crippen LogP contribution < -0.4 is 10.2 Å². The van der Waals surface area contributed by atoms with Crippen molar-refractivity contribution in [2.75, 3.05) is 31.6 Å². The number of hydrogen-bond acceptors (Lipinski definition) is 5. The SMILES string of the molecule is CC(C)CNCc1cncc(N(C)CC2CCCCO2)n1. The highest BCUT2D eigenvalue weighted by molar-refractivity contribution is 5.35. The molecule has 0 amide bonds. The summed E-state index contributed by atoms with van der Waals surface area (Å²) < 4.78 is 5.79. The highest BCUT2D eigenvalue weighted by atomic mass is 16.5. The van der Waals surface area contributed by atoms with Crippen molar-refractivity contribution in [3.8, 4) is 0 Å². The molecule has 1 fully saturated rings. The number of rotatable bonds is 7. The van der Waals surface area contributed by atoms with E-state index in [1.54, 1.807) is 0 Å². The Hall–Kier alpha value is -1.20. The molecule has 0 radical (unpaired) electrons. The summed E-state index contributed by atoms with van der Waals surface area (Å²) in [5.74, 6) is 1.57. The second-order valence-electron chi connectivity index (χ2n) is 6.26. The van der Waals surface area contributed by atoms with Crippen LogP contribution in [0.1, 0.15) is 38.8 Å². The summed E-state index contributed by atoms with van der Waals surface area (Å²) in [6.45, 7) is 7.95. The van der Waals surface area contributed by atoms with Crippen LogP contribution in [0.5, 0.6) is 0 Å². The summed E-state index contributed by atoms with van der Waals surface area (Å²) in [7, 11) is 2.06. The monoisotopic (exact) mass is 292 g/mol. The van der Waals surface area contributed by atoms with Crippen LogP contribution in [-0.4, -0.2) is 42.8 Å². The molecule has 2 rings (SSSR count). The zero-order valence-electron chi connectivity index (χ0n) is 13.5. The molecule has 0 aliphatic carbocycles. The molecule has 0 spiro atoms. The van der Waals surface area contributed by atoms with E-state index in [0.717, 1.165) is 44.2 Å². The van der Waals surface area contributed by atoms with Crippen molar-refractivity contribution >= 4 is 5.82 Å². The van der Waals surface area contributed by atoms with Gasteiger partial charge in [0.2, 0.25) is 0 Å². The Bertz CT molecular complexity index is 418. The van der Waals surface area contributed by atoms with Crippen LogP contribution in [0.2, 0.25) is 0 Å². The van der Waals surface area contributed by atoms with Gasteiger partial charge in [0.15, 0.2) is 0 Å². The fourth-order valence-corrected chi connectivity index (χ4v) is 2.50. The maximum absolute atomic E-state index is 5.79. The van der Waals surface area contributed by atoms with Gasteiger partial charge in [0, 0.05) is 32.9 Å². The minimum Gasteiger partial charge on any atom is -0.376 e. The Morgan fingerprint density at radius 2 is 2.24 bits per heavy atom. The van der Waals surface area contributed by atoms with Gasteiger partial charge >= 0.3 is 0 Å². The van der Waals surface area contributed by atoms with Gasteiger partial charge < -0.3 is 15.0 Å². The molecule has 1 aliphatic heterocycles. The first-order valence-corrected chi connectivity index (χ1v) is 7.99. The zero-order chi connectivity index (χ0) is 15.1. The first-order valence-electron chi connectivity index (χ1n) is 7.99. The standard InChI is InChI=1S/C16H28N4O/c1-13(2)8-17-9-14-10-18-11-16(19-14)20(3)12-15-6-4-5-7-21-15/h10-11,13,15,17H,4-9,12H2,1-3H3. The molecular formula is C16H28N4O. The van der Waals surface area contributed by atoms with E-state index >= 15 is 0 Å². The summed E-state index contributed by atoms with van der Waals surface area (Å²) in [6, 6.07) is 0. The predicted octanol–water partition coefficient (Wildman–Crippen LogP) is 2.23. The molecule has 0 bridgehead atoms. The molecule has 0 saturated carbocycles. The van der Waals surface area contributed by atoms with Crippen molar-refractivity contribution in [3.63, 3.8) is 0 Å². The van der Waals surface area contributed by atoms with E-state index in [9.17, 15) is 0 Å². The molecule has 2 heterocycles. The third-order valence-electron chi connectivity index (χ3n) is 3.67. The Morgan fingerprint density at radius 1 is 1.38 bits per heavy atom. The molecule has 1 saturated heterocycles. The van der Waals surface area contributed by atoms with Crippen LogP contribution in [0.15, 0.2) is 12.4 Å². The third-order valence-corrected chi connectivity index (χ3v) is 3.67. The van der Waals surface area contributed by atoms with Crippen LogP contribution in [0, 0.1) is 5.92 Å². The van der Waals surface area contributed by atoms with Crippen molar-refractivity contribution in [3.05, 3.63) is 18.1 Å². The Balaban J connectivity index is 1.86. The molecule has 1 atom stereocenters. The fraction of sp³-hybridized carbons (Fsp3) is 0.750. The number of nitrogens with one attached hydrogen (secondary N) is 1. The van der Waals surface area contributed by atoms with E-state index in [1.165, 1.54) is 12.8 Å². The van der Waals surface area contributed by atoms with E-state index in [0.29, 0.717) is 12.0 Å². The Labute approximate surface area is 128 Å². The zero-order valence-corrected chi connectivity index (χ0v) is 13.5. The van der Waals surface area contributed by atoms with Gasteiger partial charge in [-0.3, -0.25) is 4.98 Å². The minimum absolute atomic E-state index is 0.327. The van der Waals surface area contributed by atoms with E-state index in [-0.39, 0.29) is 0 Å². The van der Waals surface area contributed by atoms with Crippen LogP contribution in [0.25, 0.3) is 0 Å². The summed E-state index contributed by atoms with van der Waals surface area (Å²) >= 11 is 0. The van der Waals surface area contributed by atoms with Crippen LogP contribution in [-0.2, 0) is 11.3 Å². The summed E-state index contributed by atoms with van der Waals surface area (Å²) in [5, 5.41) is 3.40. The molecular weight excluding hydrogens is 264 g/mol. The smallest absolute Gasteiger partial charge is 0.147 e. The second kappa shape index (κ2) is 8.29. The van der Waals surface area contributed by atoms with Crippen molar-refractivity contribution in [1.29, 1.82) is 0 Å². The van der Waals surface area contributed by atoms with Crippen molar-refractivity contribution in [2.24, 2.45) is 5.92 Å². The molecule has 118 valence electrons. The number of likely N-dealkylation sites (N-methyl/N-ethyl adjacent to an activating group) is 1. The molecule has 5 nitrogen and oxygen atoms in total. The Morgan fingerprint density at radius 3 is 2.95 bits per heavy atom. The predicted molar refractivity (Wildman–Crippen MR) is 85.4 cm³/mol. The van der Waals surface area contributed by atoms with Crippen molar-refractivity contribution < 1.29 is 4.74 Å². The van der Waals surface area contributed by atoms with Crippen LogP contribution in [0.3, 0.4) is 0 Å². The van der Waals surface area contributed by atoms with Gasteiger partial charge in [-0.1, -0.05) is 13.8 Å². The lowest BCUT2D eigenvalue weighted by Crippen LogP contribution is -2.34. The van der Waals surface area contributed by atoms with E-state index in [1.807, 2.05) is 12.4 Å². The maximum Gasteiger partial charge on any atom is 0.147 e. The van der Waals surface area contributed by atoms with E-state index in [4.69, 9.17) is 4.74 Å². The van der Waals surface area contributed by atoms with Crippen molar-refractivity contribution in [2.45, 2.75) is 45.8 Å². The average molecular weight is 292 g/mol. The first kappa shape index (κ1) is 16.2. The van der Waals surface area contributed by atoms with Crippen LogP contribution >= 0.6 is 0 Å². The summed E-state index contributed by atoms with van der Waals surface area (Å²) in [6.07, 6.45) is 7.60. The second-order valence-corrected chi connectivity index (χ2v) is 6.26. The minimum atomic E-state index is 0.327. The van der Waals surface area contributed by atoms with Gasteiger partial charge in [-0.2, -0.15) is 0 Å². The van der Waals surface area contributed by atoms with Crippen molar-refractivity contribution in [1.82, 2.24) is 15.3 Å². The van der Waals surface area contributed by atoms with Crippen LogP contribution in [0.4, 0.5) is 5.82 Å². The summed E-state index contributed by atoms with van der Waals surface area (Å²) in [4.78, 5) is 11.1. The molecule has 5 heteroatoms. The largest absolute Gasteiger partial charge is 0.376 e. The lowest BCUT2D eigenvalue weighted by atomic mass is 10.1. The van der Waals surface area contributed by atoms with Gasteiger partial charge in [-0.05, 0) is 31.7 Å². The fourth-order valence-electron chi connectivity index (χ4n) is 2.50. The lowest BCUT2D eigenvalue weighted by Gasteiger charge is -2.28. The summed E-state index contributed by atoms with van der Waals surface area (Å²) in [5.41, 5.74) is 0.990. The van der Waals surface area contributed by atoms with Gasteiger partial charge in [-0.15, -0.1) is 0 Å². The quantitative estimate of drug-likeness (QED) is 0.835. The van der Waals surface area contributed by atoms with E-state index in [2.05, 4.69) is 41.1 Å². The average Bonchev–Trinajstić information content (AvgIpc) is 2.48. The number of hydrogen-bond donors (Lipinski definition) is 1. The maximum atomic E-state index is 5.79. The Kier molecular flexibility index (Phi) is 6.39. The van der Waals surface area contributed by atoms with Gasteiger partial charge in [0.05, 0.1) is 18.0 Å². The van der Waals surface area contributed by atoms with E-state index < -0.39 is 0 Å².